The number of thiophene rings is 1. The van der Waals surface area contributed by atoms with Crippen LogP contribution in [0.25, 0.3) is 10.9 Å². The molecule has 0 saturated heterocycles. The van der Waals surface area contributed by atoms with E-state index < -0.39 is 0 Å². The highest BCUT2D eigenvalue weighted by Crippen LogP contribution is 2.24. The summed E-state index contributed by atoms with van der Waals surface area (Å²) >= 11 is 5.32. The first kappa shape index (κ1) is 14.8. The fourth-order valence-corrected chi connectivity index (χ4v) is 3.94. The van der Waals surface area contributed by atoms with Crippen LogP contribution in [0.5, 0.6) is 0 Å². The molecule has 0 radical (unpaired) electrons. The van der Waals surface area contributed by atoms with Crippen molar-refractivity contribution in [3.05, 3.63) is 56.8 Å². The summed E-state index contributed by atoms with van der Waals surface area (Å²) < 4.78 is 3.50. The van der Waals surface area contributed by atoms with Crippen molar-refractivity contribution in [3.63, 3.8) is 0 Å². The molecule has 0 bridgehead atoms. The van der Waals surface area contributed by atoms with Gasteiger partial charge in [-0.3, -0.25) is 0 Å². The molecule has 0 unspecified atom stereocenters. The SMILES string of the molecule is CCCNCc1ccc2ccn(Cc3cc(Br)cs3)c2c1. The fraction of sp³-hybridized carbons (Fsp3) is 0.294. The molecule has 0 amide bonds. The van der Waals surface area contributed by atoms with E-state index in [9.17, 15) is 0 Å². The fourth-order valence-electron chi connectivity index (χ4n) is 2.49. The van der Waals surface area contributed by atoms with Gasteiger partial charge in [-0.15, -0.1) is 11.3 Å². The summed E-state index contributed by atoms with van der Waals surface area (Å²) in [6.07, 6.45) is 3.35. The minimum atomic E-state index is 0.936. The number of hydrogen-bond donors (Lipinski definition) is 1. The van der Waals surface area contributed by atoms with Gasteiger partial charge in [-0.2, -0.15) is 0 Å². The molecule has 0 aliphatic rings. The lowest BCUT2D eigenvalue weighted by atomic mass is 10.1. The third-order valence-electron chi connectivity index (χ3n) is 3.54. The highest BCUT2D eigenvalue weighted by atomic mass is 79.9. The molecule has 2 heterocycles. The monoisotopic (exact) mass is 362 g/mol. The molecule has 1 N–H and O–H groups in total. The van der Waals surface area contributed by atoms with Crippen molar-refractivity contribution in [2.24, 2.45) is 0 Å². The number of aromatic nitrogens is 1. The van der Waals surface area contributed by atoms with Gasteiger partial charge in [-0.25, -0.2) is 0 Å². The molecule has 0 aliphatic heterocycles. The van der Waals surface area contributed by atoms with Crippen LogP contribution in [0, 0.1) is 0 Å². The smallest absolute Gasteiger partial charge is 0.0569 e. The second-order valence-corrected chi connectivity index (χ2v) is 7.16. The Kier molecular flexibility index (Phi) is 4.78. The molecule has 1 aromatic carbocycles. The second kappa shape index (κ2) is 6.77. The van der Waals surface area contributed by atoms with E-state index in [1.807, 2.05) is 0 Å². The van der Waals surface area contributed by atoms with Crippen molar-refractivity contribution < 1.29 is 0 Å². The zero-order valence-corrected chi connectivity index (χ0v) is 14.5. The largest absolute Gasteiger partial charge is 0.342 e. The average Bonchev–Trinajstić information content (AvgIpc) is 3.07. The van der Waals surface area contributed by atoms with Crippen LogP contribution in [0.1, 0.15) is 23.8 Å². The molecule has 2 aromatic heterocycles. The molecular weight excluding hydrogens is 344 g/mol. The maximum Gasteiger partial charge on any atom is 0.0569 e. The molecule has 2 nitrogen and oxygen atoms in total. The zero-order chi connectivity index (χ0) is 14.7. The van der Waals surface area contributed by atoms with Gasteiger partial charge in [0.2, 0.25) is 0 Å². The molecule has 0 aliphatic carbocycles. The number of nitrogens with one attached hydrogen (secondary N) is 1. The summed E-state index contributed by atoms with van der Waals surface area (Å²) in [4.78, 5) is 1.37. The highest BCUT2D eigenvalue weighted by Gasteiger charge is 2.05. The highest BCUT2D eigenvalue weighted by molar-refractivity contribution is 9.10. The first-order valence-corrected chi connectivity index (χ1v) is 8.95. The number of rotatable bonds is 6. The second-order valence-electron chi connectivity index (χ2n) is 5.24. The van der Waals surface area contributed by atoms with Gasteiger partial charge in [0.05, 0.1) is 6.54 Å². The van der Waals surface area contributed by atoms with Crippen molar-refractivity contribution in [1.29, 1.82) is 0 Å². The predicted octanol–water partition coefficient (Wildman–Crippen LogP) is 5.01. The standard InChI is InChI=1S/C17H19BrN2S/c1-2-6-19-10-13-3-4-14-5-7-20(17(14)8-13)11-16-9-15(18)12-21-16/h3-5,7-9,12,19H,2,6,10-11H2,1H3. The molecule has 3 aromatic rings. The van der Waals surface area contributed by atoms with Crippen LogP contribution in [0.2, 0.25) is 0 Å². The van der Waals surface area contributed by atoms with Crippen molar-refractivity contribution in [2.75, 3.05) is 6.54 Å². The Morgan fingerprint density at radius 1 is 1.24 bits per heavy atom. The van der Waals surface area contributed by atoms with E-state index in [1.54, 1.807) is 11.3 Å². The van der Waals surface area contributed by atoms with Crippen molar-refractivity contribution in [2.45, 2.75) is 26.4 Å². The Morgan fingerprint density at radius 3 is 2.90 bits per heavy atom. The predicted molar refractivity (Wildman–Crippen MR) is 95.1 cm³/mol. The minimum absolute atomic E-state index is 0.936. The van der Waals surface area contributed by atoms with Crippen molar-refractivity contribution in [3.8, 4) is 0 Å². The molecule has 0 spiro atoms. The first-order valence-electron chi connectivity index (χ1n) is 7.27. The van der Waals surface area contributed by atoms with Crippen molar-refractivity contribution in [1.82, 2.24) is 9.88 Å². The van der Waals surface area contributed by atoms with Gasteiger partial charge >= 0.3 is 0 Å². The van der Waals surface area contributed by atoms with Crippen LogP contribution in [0.15, 0.2) is 46.4 Å². The Hall–Kier alpha value is -1.10. The van der Waals surface area contributed by atoms with Crippen LogP contribution in [-0.2, 0) is 13.1 Å². The third-order valence-corrected chi connectivity index (χ3v) is 5.22. The lowest BCUT2D eigenvalue weighted by Gasteiger charge is -2.07. The van der Waals surface area contributed by atoms with Crippen LogP contribution in [0.3, 0.4) is 0 Å². The summed E-state index contributed by atoms with van der Waals surface area (Å²) in [6.45, 7) is 5.15. The molecule has 4 heteroatoms. The summed E-state index contributed by atoms with van der Waals surface area (Å²) in [5, 5.41) is 6.92. The van der Waals surface area contributed by atoms with E-state index >= 15 is 0 Å². The minimum Gasteiger partial charge on any atom is -0.342 e. The van der Waals surface area contributed by atoms with Gasteiger partial charge < -0.3 is 9.88 Å². The molecule has 0 fully saturated rings. The molecule has 0 saturated carbocycles. The normalized spacial score (nSPS) is 11.3. The molecule has 3 rings (SSSR count). The van der Waals surface area contributed by atoms with E-state index in [1.165, 1.54) is 32.2 Å². The third kappa shape index (κ3) is 3.57. The number of halogens is 1. The van der Waals surface area contributed by atoms with E-state index in [-0.39, 0.29) is 0 Å². The van der Waals surface area contributed by atoms with Gasteiger partial charge in [-0.05, 0) is 58.0 Å². The summed E-state index contributed by atoms with van der Waals surface area (Å²) in [5.41, 5.74) is 2.67. The van der Waals surface area contributed by atoms with Gasteiger partial charge in [0.15, 0.2) is 0 Å². The van der Waals surface area contributed by atoms with Gasteiger partial charge in [0.25, 0.3) is 0 Å². The van der Waals surface area contributed by atoms with Crippen LogP contribution >= 0.6 is 27.3 Å². The maximum absolute atomic E-state index is 3.53. The topological polar surface area (TPSA) is 17.0 Å². The number of benzene rings is 1. The number of hydrogen-bond acceptors (Lipinski definition) is 2. The molecule has 110 valence electrons. The number of fused-ring (bicyclic) bond motifs is 1. The molecular formula is C17H19BrN2S. The molecule has 0 atom stereocenters. The summed E-state index contributed by atoms with van der Waals surface area (Å²) in [6, 6.07) is 11.1. The van der Waals surface area contributed by atoms with Gasteiger partial charge in [0, 0.05) is 33.0 Å². The van der Waals surface area contributed by atoms with E-state index in [0.29, 0.717) is 0 Å². The Labute approximate surface area is 137 Å². The average molecular weight is 363 g/mol. The maximum atomic E-state index is 3.53. The summed E-state index contributed by atoms with van der Waals surface area (Å²) in [7, 11) is 0. The quantitative estimate of drug-likeness (QED) is 0.609. The number of nitrogens with zero attached hydrogens (tertiary/aromatic N) is 1. The van der Waals surface area contributed by atoms with Crippen LogP contribution in [-0.4, -0.2) is 11.1 Å². The van der Waals surface area contributed by atoms with Crippen LogP contribution in [0.4, 0.5) is 0 Å². The van der Waals surface area contributed by atoms with Gasteiger partial charge in [-0.1, -0.05) is 19.1 Å². The summed E-state index contributed by atoms with van der Waals surface area (Å²) in [5.74, 6) is 0. The van der Waals surface area contributed by atoms with Gasteiger partial charge in [0.1, 0.15) is 0 Å². The van der Waals surface area contributed by atoms with Crippen molar-refractivity contribution >= 4 is 38.2 Å². The van der Waals surface area contributed by atoms with E-state index in [0.717, 1.165) is 19.6 Å². The Bertz CT molecular complexity index is 729. The van der Waals surface area contributed by atoms with E-state index in [2.05, 4.69) is 74.6 Å². The zero-order valence-electron chi connectivity index (χ0n) is 12.1. The Morgan fingerprint density at radius 2 is 2.14 bits per heavy atom. The Balaban J connectivity index is 1.83. The van der Waals surface area contributed by atoms with Crippen LogP contribution < -0.4 is 5.32 Å². The lowest BCUT2D eigenvalue weighted by Crippen LogP contribution is -2.13. The lowest BCUT2D eigenvalue weighted by molar-refractivity contribution is 0.675. The molecule has 21 heavy (non-hydrogen) atoms. The van der Waals surface area contributed by atoms with E-state index in [4.69, 9.17) is 0 Å². The first-order chi connectivity index (χ1) is 10.3.